The normalized spacial score (nSPS) is 11.0. The summed E-state index contributed by atoms with van der Waals surface area (Å²) in [7, 11) is 1.95. The van der Waals surface area contributed by atoms with Crippen LogP contribution in [0.25, 0.3) is 11.4 Å². The van der Waals surface area contributed by atoms with Gasteiger partial charge in [-0.1, -0.05) is 47.1 Å². The first-order valence-corrected chi connectivity index (χ1v) is 8.72. The van der Waals surface area contributed by atoms with Crippen LogP contribution < -0.4 is 0 Å². The summed E-state index contributed by atoms with van der Waals surface area (Å²) in [6.45, 7) is 0. The second kappa shape index (κ2) is 6.40. The van der Waals surface area contributed by atoms with Crippen molar-refractivity contribution in [1.29, 1.82) is 0 Å². The molecule has 0 amide bonds. The van der Waals surface area contributed by atoms with Crippen LogP contribution in [0, 0.1) is 0 Å². The SMILES string of the molecule is Cn1c(SCc2ccc(Cl)s2)nnc1-c1ccccc1Cl. The Bertz CT molecular complexity index is 767. The molecule has 0 aliphatic rings. The van der Waals surface area contributed by atoms with E-state index in [-0.39, 0.29) is 0 Å². The zero-order chi connectivity index (χ0) is 14.8. The Balaban J connectivity index is 1.81. The van der Waals surface area contributed by atoms with Crippen LogP contribution in [0.5, 0.6) is 0 Å². The number of hydrogen-bond acceptors (Lipinski definition) is 4. The van der Waals surface area contributed by atoms with E-state index in [0.717, 1.165) is 26.6 Å². The molecule has 0 spiro atoms. The highest BCUT2D eigenvalue weighted by molar-refractivity contribution is 7.98. The minimum atomic E-state index is 0.676. The van der Waals surface area contributed by atoms with Gasteiger partial charge in [-0.25, -0.2) is 0 Å². The van der Waals surface area contributed by atoms with Gasteiger partial charge in [-0.3, -0.25) is 0 Å². The fourth-order valence-corrected chi connectivity index (χ4v) is 4.14. The summed E-state index contributed by atoms with van der Waals surface area (Å²) in [6.07, 6.45) is 0. The quantitative estimate of drug-likeness (QED) is 0.606. The Morgan fingerprint density at radius 1 is 1.14 bits per heavy atom. The summed E-state index contributed by atoms with van der Waals surface area (Å²) in [5, 5.41) is 10.0. The fourth-order valence-electron chi connectivity index (χ4n) is 1.88. The van der Waals surface area contributed by atoms with Crippen molar-refractivity contribution in [2.75, 3.05) is 0 Å². The van der Waals surface area contributed by atoms with Crippen LogP contribution >= 0.6 is 46.3 Å². The van der Waals surface area contributed by atoms with Crippen LogP contribution in [0.2, 0.25) is 9.36 Å². The predicted octanol–water partition coefficient (Wildman–Crippen LogP) is 5.14. The zero-order valence-electron chi connectivity index (χ0n) is 11.1. The van der Waals surface area contributed by atoms with Gasteiger partial charge in [0.1, 0.15) is 0 Å². The van der Waals surface area contributed by atoms with E-state index in [1.165, 1.54) is 4.88 Å². The molecule has 0 saturated carbocycles. The first-order valence-electron chi connectivity index (χ1n) is 6.16. The fraction of sp³-hybridized carbons (Fsp3) is 0.143. The lowest BCUT2D eigenvalue weighted by molar-refractivity contribution is 0.794. The standard InChI is InChI=1S/C14H11Cl2N3S2/c1-19-13(10-4-2-3-5-11(10)15)17-18-14(19)20-8-9-6-7-12(16)21-9/h2-7H,8H2,1H3. The molecule has 0 atom stereocenters. The molecule has 0 radical (unpaired) electrons. The molecule has 2 aromatic heterocycles. The van der Waals surface area contributed by atoms with Gasteiger partial charge in [-0.2, -0.15) is 0 Å². The lowest BCUT2D eigenvalue weighted by Gasteiger charge is -2.04. The van der Waals surface area contributed by atoms with E-state index >= 15 is 0 Å². The Labute approximate surface area is 140 Å². The molecule has 21 heavy (non-hydrogen) atoms. The maximum atomic E-state index is 6.21. The highest BCUT2D eigenvalue weighted by Crippen LogP contribution is 2.31. The third kappa shape index (κ3) is 3.26. The van der Waals surface area contributed by atoms with Gasteiger partial charge in [0.2, 0.25) is 0 Å². The molecule has 1 aromatic carbocycles. The van der Waals surface area contributed by atoms with E-state index < -0.39 is 0 Å². The number of aromatic nitrogens is 3. The van der Waals surface area contributed by atoms with Gasteiger partial charge in [-0.05, 0) is 24.3 Å². The summed E-state index contributed by atoms with van der Waals surface area (Å²) in [6, 6.07) is 11.6. The van der Waals surface area contributed by atoms with E-state index in [1.54, 1.807) is 23.1 Å². The summed E-state index contributed by atoms with van der Waals surface area (Å²) in [4.78, 5) is 1.22. The average molecular weight is 356 g/mol. The second-order valence-electron chi connectivity index (χ2n) is 4.34. The van der Waals surface area contributed by atoms with Gasteiger partial charge in [-0.15, -0.1) is 21.5 Å². The highest BCUT2D eigenvalue weighted by atomic mass is 35.5. The molecule has 0 aliphatic carbocycles. The third-order valence-electron chi connectivity index (χ3n) is 2.92. The molecule has 7 heteroatoms. The largest absolute Gasteiger partial charge is 0.305 e. The maximum absolute atomic E-state index is 6.21. The van der Waals surface area contributed by atoms with Gasteiger partial charge >= 0.3 is 0 Å². The maximum Gasteiger partial charge on any atom is 0.191 e. The molecule has 0 fully saturated rings. The number of benzene rings is 1. The lowest BCUT2D eigenvalue weighted by atomic mass is 10.2. The van der Waals surface area contributed by atoms with Crippen LogP contribution in [-0.4, -0.2) is 14.8 Å². The van der Waals surface area contributed by atoms with Crippen LogP contribution in [0.4, 0.5) is 0 Å². The second-order valence-corrected chi connectivity index (χ2v) is 7.49. The Hall–Kier alpha value is -1.01. The van der Waals surface area contributed by atoms with E-state index in [4.69, 9.17) is 23.2 Å². The van der Waals surface area contributed by atoms with Gasteiger partial charge in [0.05, 0.1) is 9.36 Å². The van der Waals surface area contributed by atoms with E-state index in [9.17, 15) is 0 Å². The number of halogens is 2. The topological polar surface area (TPSA) is 30.7 Å². The summed E-state index contributed by atoms with van der Waals surface area (Å²) in [5.41, 5.74) is 0.889. The van der Waals surface area contributed by atoms with Crippen molar-refractivity contribution in [3.63, 3.8) is 0 Å². The number of hydrogen-bond donors (Lipinski definition) is 0. The van der Waals surface area contributed by atoms with Crippen molar-refractivity contribution in [2.24, 2.45) is 7.05 Å². The molecular formula is C14H11Cl2N3S2. The van der Waals surface area contributed by atoms with Crippen molar-refractivity contribution in [3.8, 4) is 11.4 Å². The Morgan fingerprint density at radius 3 is 2.67 bits per heavy atom. The number of rotatable bonds is 4. The monoisotopic (exact) mass is 355 g/mol. The van der Waals surface area contributed by atoms with Crippen LogP contribution in [0.3, 0.4) is 0 Å². The Morgan fingerprint density at radius 2 is 1.95 bits per heavy atom. The van der Waals surface area contributed by atoms with E-state index in [0.29, 0.717) is 5.02 Å². The molecular weight excluding hydrogens is 345 g/mol. The molecule has 0 aliphatic heterocycles. The Kier molecular flexibility index (Phi) is 4.54. The highest BCUT2D eigenvalue weighted by Gasteiger charge is 2.13. The minimum absolute atomic E-state index is 0.676. The average Bonchev–Trinajstić information content (AvgIpc) is 3.04. The summed E-state index contributed by atoms with van der Waals surface area (Å²) in [5.74, 6) is 1.60. The molecule has 0 bridgehead atoms. The molecule has 0 unspecified atom stereocenters. The van der Waals surface area contributed by atoms with Crippen molar-refractivity contribution in [3.05, 3.63) is 50.6 Å². The predicted molar refractivity (Wildman–Crippen MR) is 90.3 cm³/mol. The van der Waals surface area contributed by atoms with Gasteiger partial charge in [0, 0.05) is 23.2 Å². The number of nitrogens with zero attached hydrogens (tertiary/aromatic N) is 3. The van der Waals surface area contributed by atoms with E-state index in [2.05, 4.69) is 10.2 Å². The van der Waals surface area contributed by atoms with Crippen molar-refractivity contribution >= 4 is 46.3 Å². The molecule has 3 rings (SSSR count). The summed E-state index contributed by atoms with van der Waals surface area (Å²) >= 11 is 15.4. The smallest absolute Gasteiger partial charge is 0.191 e. The van der Waals surface area contributed by atoms with Crippen molar-refractivity contribution in [2.45, 2.75) is 10.9 Å². The zero-order valence-corrected chi connectivity index (χ0v) is 14.2. The molecule has 2 heterocycles. The first kappa shape index (κ1) is 14.9. The number of thiophene rings is 1. The third-order valence-corrected chi connectivity index (χ3v) is 5.73. The molecule has 0 N–H and O–H groups in total. The molecule has 108 valence electrons. The van der Waals surface area contributed by atoms with Gasteiger partial charge in [0.25, 0.3) is 0 Å². The van der Waals surface area contributed by atoms with Crippen molar-refractivity contribution < 1.29 is 0 Å². The molecule has 3 aromatic rings. The molecule has 0 saturated heterocycles. The number of thioether (sulfide) groups is 1. The summed E-state index contributed by atoms with van der Waals surface area (Å²) < 4.78 is 2.77. The van der Waals surface area contributed by atoms with Gasteiger partial charge < -0.3 is 4.57 Å². The van der Waals surface area contributed by atoms with E-state index in [1.807, 2.05) is 48.0 Å². The van der Waals surface area contributed by atoms with Gasteiger partial charge in [0.15, 0.2) is 11.0 Å². The minimum Gasteiger partial charge on any atom is -0.305 e. The lowest BCUT2D eigenvalue weighted by Crippen LogP contribution is -1.95. The van der Waals surface area contributed by atoms with Crippen LogP contribution in [-0.2, 0) is 12.8 Å². The first-order chi connectivity index (χ1) is 10.1. The molecule has 3 nitrogen and oxygen atoms in total. The van der Waals surface area contributed by atoms with Crippen molar-refractivity contribution in [1.82, 2.24) is 14.8 Å². The van der Waals surface area contributed by atoms with Crippen LogP contribution in [0.15, 0.2) is 41.6 Å². The van der Waals surface area contributed by atoms with Crippen LogP contribution in [0.1, 0.15) is 4.88 Å².